The summed E-state index contributed by atoms with van der Waals surface area (Å²) in [6, 6.07) is 0. The first-order valence-electron chi connectivity index (χ1n) is 17.0. The van der Waals surface area contributed by atoms with E-state index in [2.05, 4.69) is 36.7 Å². The van der Waals surface area contributed by atoms with E-state index in [1.165, 1.54) is 148 Å². The number of hydrogen-bond donors (Lipinski definition) is 0. The lowest BCUT2D eigenvalue weighted by Gasteiger charge is -2.22. The van der Waals surface area contributed by atoms with E-state index < -0.39 is 0 Å². The molecule has 0 spiro atoms. The molecule has 0 aliphatic carbocycles. The van der Waals surface area contributed by atoms with Gasteiger partial charge in [-0.25, -0.2) is 0 Å². The maximum absolute atomic E-state index is 13.4. The normalized spacial score (nSPS) is 12.4. The van der Waals surface area contributed by atoms with E-state index in [1.54, 1.807) is 0 Å². The molecule has 222 valence electrons. The van der Waals surface area contributed by atoms with Crippen LogP contribution in [0.1, 0.15) is 194 Å². The van der Waals surface area contributed by atoms with Crippen molar-refractivity contribution in [1.29, 1.82) is 0 Å². The molecule has 0 N–H and O–H groups in total. The van der Waals surface area contributed by atoms with Crippen molar-refractivity contribution in [3.63, 3.8) is 0 Å². The first kappa shape index (κ1) is 37.0. The Bertz CT molecular complexity index is 437. The van der Waals surface area contributed by atoms with Gasteiger partial charge in [-0.2, -0.15) is 0 Å². The van der Waals surface area contributed by atoms with E-state index in [9.17, 15) is 4.79 Å². The number of hydrogen-bond acceptors (Lipinski definition) is 2. The molecule has 0 aliphatic rings. The number of ether oxygens (including phenoxy) is 1. The highest BCUT2D eigenvalue weighted by atomic mass is 79.9. The van der Waals surface area contributed by atoms with Crippen LogP contribution in [0.15, 0.2) is 0 Å². The molecule has 0 aromatic heterocycles. The summed E-state index contributed by atoms with van der Waals surface area (Å²) in [6.45, 7) is 6.83. The van der Waals surface area contributed by atoms with Gasteiger partial charge >= 0.3 is 5.97 Å². The molecular formula is C34H67BrO2. The van der Waals surface area contributed by atoms with Gasteiger partial charge in [-0.05, 0) is 44.9 Å². The SMILES string of the molecule is CCCCCCCCCC(CCCCCCBr)C(=O)OC(CCCCCCCC)CCCCCCCC. The molecule has 1 unspecified atom stereocenters. The number of rotatable bonds is 30. The van der Waals surface area contributed by atoms with Crippen molar-refractivity contribution in [3.8, 4) is 0 Å². The third-order valence-corrected chi connectivity index (χ3v) is 8.53. The fourth-order valence-electron chi connectivity index (χ4n) is 5.39. The van der Waals surface area contributed by atoms with Gasteiger partial charge in [-0.15, -0.1) is 0 Å². The van der Waals surface area contributed by atoms with Crippen molar-refractivity contribution in [2.24, 2.45) is 5.92 Å². The van der Waals surface area contributed by atoms with Crippen LogP contribution in [-0.2, 0) is 9.53 Å². The Hall–Kier alpha value is -0.0500. The van der Waals surface area contributed by atoms with Crippen LogP contribution in [0, 0.1) is 5.92 Å². The smallest absolute Gasteiger partial charge is 0.309 e. The van der Waals surface area contributed by atoms with Crippen LogP contribution < -0.4 is 0 Å². The van der Waals surface area contributed by atoms with E-state index in [1.807, 2.05) is 0 Å². The van der Waals surface area contributed by atoms with Gasteiger partial charge in [0.15, 0.2) is 0 Å². The van der Waals surface area contributed by atoms with Crippen LogP contribution in [-0.4, -0.2) is 17.4 Å². The Morgan fingerprint density at radius 1 is 0.486 bits per heavy atom. The molecule has 0 fully saturated rings. The van der Waals surface area contributed by atoms with E-state index in [-0.39, 0.29) is 18.0 Å². The van der Waals surface area contributed by atoms with Crippen molar-refractivity contribution in [2.75, 3.05) is 5.33 Å². The van der Waals surface area contributed by atoms with Gasteiger partial charge in [-0.1, -0.05) is 165 Å². The number of alkyl halides is 1. The molecule has 0 radical (unpaired) electrons. The number of carbonyl (C=O) groups is 1. The number of carbonyl (C=O) groups excluding carboxylic acids is 1. The van der Waals surface area contributed by atoms with Crippen molar-refractivity contribution >= 4 is 21.9 Å². The van der Waals surface area contributed by atoms with Crippen LogP contribution in [0.2, 0.25) is 0 Å². The van der Waals surface area contributed by atoms with Crippen molar-refractivity contribution in [1.82, 2.24) is 0 Å². The average molecular weight is 588 g/mol. The van der Waals surface area contributed by atoms with E-state index in [0.29, 0.717) is 0 Å². The number of esters is 1. The minimum absolute atomic E-state index is 0.122. The molecule has 1 atom stereocenters. The summed E-state index contributed by atoms with van der Waals surface area (Å²) in [7, 11) is 0. The predicted molar refractivity (Wildman–Crippen MR) is 169 cm³/mol. The first-order chi connectivity index (χ1) is 18.2. The summed E-state index contributed by atoms with van der Waals surface area (Å²) in [4.78, 5) is 13.4. The summed E-state index contributed by atoms with van der Waals surface area (Å²) in [5.41, 5.74) is 0. The van der Waals surface area contributed by atoms with Gasteiger partial charge in [0.2, 0.25) is 0 Å². The first-order valence-corrected chi connectivity index (χ1v) is 18.1. The van der Waals surface area contributed by atoms with Crippen LogP contribution in [0.4, 0.5) is 0 Å². The molecule has 0 saturated heterocycles. The van der Waals surface area contributed by atoms with Gasteiger partial charge in [0.1, 0.15) is 6.10 Å². The van der Waals surface area contributed by atoms with E-state index >= 15 is 0 Å². The molecule has 0 aromatic rings. The van der Waals surface area contributed by atoms with Gasteiger partial charge in [-0.3, -0.25) is 4.79 Å². The van der Waals surface area contributed by atoms with Crippen LogP contribution in [0.3, 0.4) is 0 Å². The molecule has 2 nitrogen and oxygen atoms in total. The summed E-state index contributed by atoms with van der Waals surface area (Å²) >= 11 is 3.55. The zero-order valence-corrected chi connectivity index (χ0v) is 27.2. The van der Waals surface area contributed by atoms with Crippen molar-refractivity contribution < 1.29 is 9.53 Å². The molecule has 0 aliphatic heterocycles. The third kappa shape index (κ3) is 26.0. The summed E-state index contributed by atoms with van der Waals surface area (Å²) < 4.78 is 6.31. The highest BCUT2D eigenvalue weighted by Gasteiger charge is 2.23. The minimum atomic E-state index is 0.122. The van der Waals surface area contributed by atoms with Gasteiger partial charge in [0.05, 0.1) is 5.92 Å². The molecule has 0 bridgehead atoms. The largest absolute Gasteiger partial charge is 0.462 e. The molecule has 37 heavy (non-hydrogen) atoms. The highest BCUT2D eigenvalue weighted by Crippen LogP contribution is 2.24. The zero-order valence-electron chi connectivity index (χ0n) is 25.6. The monoisotopic (exact) mass is 586 g/mol. The lowest BCUT2D eigenvalue weighted by Crippen LogP contribution is -2.25. The Morgan fingerprint density at radius 2 is 0.811 bits per heavy atom. The van der Waals surface area contributed by atoms with Crippen LogP contribution in [0.25, 0.3) is 0 Å². The molecule has 0 aromatic carbocycles. The van der Waals surface area contributed by atoms with Crippen molar-refractivity contribution in [3.05, 3.63) is 0 Å². The van der Waals surface area contributed by atoms with Gasteiger partial charge in [0.25, 0.3) is 0 Å². The zero-order chi connectivity index (χ0) is 27.2. The lowest BCUT2D eigenvalue weighted by atomic mass is 9.94. The quantitative estimate of drug-likeness (QED) is 0.0475. The summed E-state index contributed by atoms with van der Waals surface area (Å²) in [5.74, 6) is 0.254. The average Bonchev–Trinajstić information content (AvgIpc) is 2.90. The molecule has 3 heteroatoms. The third-order valence-electron chi connectivity index (χ3n) is 7.97. The van der Waals surface area contributed by atoms with Crippen molar-refractivity contribution in [2.45, 2.75) is 200 Å². The Kier molecular flexibility index (Phi) is 30.4. The number of halogens is 1. The lowest BCUT2D eigenvalue weighted by molar-refractivity contribution is -0.155. The fraction of sp³-hybridized carbons (Fsp3) is 0.971. The van der Waals surface area contributed by atoms with Crippen LogP contribution >= 0.6 is 15.9 Å². The van der Waals surface area contributed by atoms with E-state index in [0.717, 1.165) is 31.0 Å². The van der Waals surface area contributed by atoms with E-state index in [4.69, 9.17) is 4.74 Å². The van der Waals surface area contributed by atoms with Gasteiger partial charge < -0.3 is 4.74 Å². The molecule has 0 saturated carbocycles. The standard InChI is InChI=1S/C34H67BrO2/c1-4-7-10-13-16-17-22-27-32(28-23-20-21-26-31-35)34(36)37-33(29-24-18-14-11-8-5-2)30-25-19-15-12-9-6-3/h32-33H,4-31H2,1-3H3. The Labute approximate surface area is 242 Å². The maximum atomic E-state index is 13.4. The second kappa shape index (κ2) is 30.5. The molecule has 0 heterocycles. The molecular weight excluding hydrogens is 520 g/mol. The second-order valence-electron chi connectivity index (χ2n) is 11.7. The van der Waals surface area contributed by atoms with Crippen LogP contribution in [0.5, 0.6) is 0 Å². The maximum Gasteiger partial charge on any atom is 0.309 e. The number of unbranched alkanes of at least 4 members (excludes halogenated alkanes) is 19. The molecule has 0 rings (SSSR count). The predicted octanol–water partition coefficient (Wildman–Crippen LogP) is 12.5. The summed E-state index contributed by atoms with van der Waals surface area (Å²) in [5, 5.41) is 1.09. The Morgan fingerprint density at radius 3 is 1.19 bits per heavy atom. The molecule has 0 amide bonds. The second-order valence-corrected chi connectivity index (χ2v) is 12.5. The fourth-order valence-corrected chi connectivity index (χ4v) is 5.79. The minimum Gasteiger partial charge on any atom is -0.462 e. The Balaban J connectivity index is 4.71. The summed E-state index contributed by atoms with van der Waals surface area (Å²) in [6.07, 6.45) is 34.1. The topological polar surface area (TPSA) is 26.3 Å². The van der Waals surface area contributed by atoms with Gasteiger partial charge in [0, 0.05) is 5.33 Å². The highest BCUT2D eigenvalue weighted by molar-refractivity contribution is 9.09.